The largest absolute Gasteiger partial charge is 0.501 e. The minimum atomic E-state index is -2.74. The Morgan fingerprint density at radius 3 is 1.43 bits per heavy atom. The van der Waals surface area contributed by atoms with E-state index in [-0.39, 0.29) is 0 Å². The average Bonchev–Trinajstić information content (AvgIpc) is 2.55. The molecule has 0 unspecified atom stereocenters. The number of hydrogen-bond donors (Lipinski definition) is 0. The molecule has 0 fully saturated rings. The van der Waals surface area contributed by atoms with Gasteiger partial charge in [-0.3, -0.25) is 0 Å². The Kier molecular flexibility index (Phi) is 17.3. The Balaban J connectivity index is 4.52. The summed E-state index contributed by atoms with van der Waals surface area (Å²) in [5, 5.41) is 0. The van der Waals surface area contributed by atoms with Gasteiger partial charge in [-0.1, -0.05) is 12.8 Å². The molecular formula is C15H33ClO6Si. The van der Waals surface area contributed by atoms with Crippen LogP contribution in [0.1, 0.15) is 25.7 Å². The molecule has 0 aliphatic rings. The molecule has 0 saturated carbocycles. The third-order valence-electron chi connectivity index (χ3n) is 3.19. The molecule has 0 N–H and O–H groups in total. The summed E-state index contributed by atoms with van der Waals surface area (Å²) in [6.45, 7) is 2.94. The van der Waals surface area contributed by atoms with Crippen molar-refractivity contribution in [2.45, 2.75) is 31.7 Å². The van der Waals surface area contributed by atoms with E-state index >= 15 is 0 Å². The van der Waals surface area contributed by atoms with Gasteiger partial charge in [0.25, 0.3) is 0 Å². The van der Waals surface area contributed by atoms with Gasteiger partial charge in [-0.05, 0) is 12.8 Å². The summed E-state index contributed by atoms with van der Waals surface area (Å²) in [5.41, 5.74) is 0. The molecule has 23 heavy (non-hydrogen) atoms. The molecule has 8 heteroatoms. The van der Waals surface area contributed by atoms with Crippen molar-refractivity contribution in [1.29, 1.82) is 0 Å². The maximum absolute atomic E-state index is 6.00. The minimum absolute atomic E-state index is 0.463. The van der Waals surface area contributed by atoms with Gasteiger partial charge in [0.15, 0.2) is 0 Å². The summed E-state index contributed by atoms with van der Waals surface area (Å²) in [4.78, 5) is 0. The summed E-state index contributed by atoms with van der Waals surface area (Å²) in [7, 11) is 2.21. The van der Waals surface area contributed by atoms with Crippen LogP contribution in [-0.2, 0) is 27.5 Å². The zero-order valence-electron chi connectivity index (χ0n) is 14.8. The van der Waals surface area contributed by atoms with E-state index < -0.39 is 8.80 Å². The number of unbranched alkanes of at least 4 members (excludes halogenated alkanes) is 3. The molecule has 0 aliphatic heterocycles. The van der Waals surface area contributed by atoms with E-state index in [0.29, 0.717) is 45.5 Å². The summed E-state index contributed by atoms with van der Waals surface area (Å²) in [6.07, 6.45) is 4.24. The standard InChI is InChI=1S/C15H33ClO6Si/c1-17-9-12-20-23(21-13-10-18-2,22-14-11-19-3)15-7-5-4-6-8-16/h4-15H2,1-3H3. The fraction of sp³-hybridized carbons (Fsp3) is 1.00. The number of ether oxygens (including phenoxy) is 3. The minimum Gasteiger partial charge on any atom is -0.382 e. The first kappa shape index (κ1) is 23.3. The quantitative estimate of drug-likeness (QED) is 0.209. The Morgan fingerprint density at radius 2 is 1.04 bits per heavy atom. The Hall–Kier alpha value is 0.267. The number of methoxy groups -OCH3 is 3. The van der Waals surface area contributed by atoms with Crippen LogP contribution in [0.4, 0.5) is 0 Å². The first-order valence-corrected chi connectivity index (χ1v) is 10.7. The van der Waals surface area contributed by atoms with Crippen molar-refractivity contribution in [3.05, 3.63) is 0 Å². The van der Waals surface area contributed by atoms with E-state index in [1.807, 2.05) is 0 Å². The first-order chi connectivity index (χ1) is 11.2. The van der Waals surface area contributed by atoms with Crippen LogP contribution in [0.2, 0.25) is 6.04 Å². The SMILES string of the molecule is COCCO[Si](CCCCCCCl)(OCCOC)OCCOC. The molecule has 0 heterocycles. The van der Waals surface area contributed by atoms with Gasteiger partial charge in [-0.15, -0.1) is 11.6 Å². The van der Waals surface area contributed by atoms with Gasteiger partial charge in [0.2, 0.25) is 0 Å². The molecule has 0 aromatic heterocycles. The molecule has 140 valence electrons. The van der Waals surface area contributed by atoms with Gasteiger partial charge in [0, 0.05) is 33.3 Å². The third-order valence-corrected chi connectivity index (χ3v) is 6.36. The molecule has 0 aromatic carbocycles. The summed E-state index contributed by atoms with van der Waals surface area (Å²) >= 11 is 5.72. The van der Waals surface area contributed by atoms with E-state index in [2.05, 4.69) is 0 Å². The Labute approximate surface area is 147 Å². The molecule has 0 spiro atoms. The third kappa shape index (κ3) is 13.3. The highest BCUT2D eigenvalue weighted by Gasteiger charge is 2.40. The Morgan fingerprint density at radius 1 is 0.609 bits per heavy atom. The summed E-state index contributed by atoms with van der Waals surface area (Å²) in [6, 6.07) is 0.784. The van der Waals surface area contributed by atoms with Crippen LogP contribution in [0.25, 0.3) is 0 Å². The van der Waals surface area contributed by atoms with Gasteiger partial charge in [0.05, 0.1) is 39.6 Å². The second-order valence-electron chi connectivity index (χ2n) is 5.06. The van der Waals surface area contributed by atoms with Crippen LogP contribution < -0.4 is 0 Å². The fourth-order valence-corrected chi connectivity index (χ4v) is 4.71. The highest BCUT2D eigenvalue weighted by atomic mass is 35.5. The molecular weight excluding hydrogens is 340 g/mol. The highest BCUT2D eigenvalue weighted by molar-refractivity contribution is 6.60. The molecule has 0 rings (SSSR count). The van der Waals surface area contributed by atoms with Gasteiger partial charge in [-0.25, -0.2) is 0 Å². The van der Waals surface area contributed by atoms with E-state index in [9.17, 15) is 0 Å². The fourth-order valence-electron chi connectivity index (χ4n) is 1.97. The van der Waals surface area contributed by atoms with Crippen LogP contribution in [0, 0.1) is 0 Å². The number of hydrogen-bond acceptors (Lipinski definition) is 6. The lowest BCUT2D eigenvalue weighted by atomic mass is 10.2. The monoisotopic (exact) mass is 372 g/mol. The molecule has 6 nitrogen and oxygen atoms in total. The Bertz CT molecular complexity index is 221. The van der Waals surface area contributed by atoms with Crippen molar-refractivity contribution in [3.8, 4) is 0 Å². The van der Waals surface area contributed by atoms with Crippen LogP contribution in [0.5, 0.6) is 0 Å². The van der Waals surface area contributed by atoms with Crippen molar-refractivity contribution in [2.24, 2.45) is 0 Å². The lowest BCUT2D eigenvalue weighted by Gasteiger charge is -2.29. The van der Waals surface area contributed by atoms with E-state index in [1.165, 1.54) is 0 Å². The summed E-state index contributed by atoms with van der Waals surface area (Å²) < 4.78 is 33.2. The smallest absolute Gasteiger partial charge is 0.382 e. The maximum Gasteiger partial charge on any atom is 0.501 e. The van der Waals surface area contributed by atoms with Gasteiger partial charge >= 0.3 is 8.80 Å². The summed E-state index contributed by atoms with van der Waals surface area (Å²) in [5.74, 6) is 0.710. The first-order valence-electron chi connectivity index (χ1n) is 8.19. The second kappa shape index (κ2) is 17.1. The zero-order chi connectivity index (χ0) is 17.2. The molecule has 0 radical (unpaired) electrons. The number of rotatable bonds is 18. The second-order valence-corrected chi connectivity index (χ2v) is 8.17. The van der Waals surface area contributed by atoms with Crippen LogP contribution in [0.15, 0.2) is 0 Å². The molecule has 0 aliphatic carbocycles. The maximum atomic E-state index is 6.00. The van der Waals surface area contributed by atoms with Crippen LogP contribution in [-0.4, -0.2) is 75.7 Å². The van der Waals surface area contributed by atoms with Crippen LogP contribution in [0.3, 0.4) is 0 Å². The van der Waals surface area contributed by atoms with E-state index in [4.69, 9.17) is 39.1 Å². The predicted octanol–water partition coefficient (Wildman–Crippen LogP) is 2.71. The topological polar surface area (TPSA) is 55.4 Å². The lowest BCUT2D eigenvalue weighted by Crippen LogP contribution is -2.48. The van der Waals surface area contributed by atoms with Crippen LogP contribution >= 0.6 is 11.6 Å². The predicted molar refractivity (Wildman–Crippen MR) is 93.2 cm³/mol. The molecule has 0 bridgehead atoms. The van der Waals surface area contributed by atoms with Gasteiger partial charge in [0.1, 0.15) is 0 Å². The number of halogens is 1. The van der Waals surface area contributed by atoms with E-state index in [1.54, 1.807) is 21.3 Å². The number of alkyl halides is 1. The molecule has 0 amide bonds. The average molecular weight is 373 g/mol. The van der Waals surface area contributed by atoms with Gasteiger partial charge in [-0.2, -0.15) is 0 Å². The van der Waals surface area contributed by atoms with Crippen molar-refractivity contribution >= 4 is 20.4 Å². The van der Waals surface area contributed by atoms with Gasteiger partial charge < -0.3 is 27.5 Å². The molecule has 0 aromatic rings. The zero-order valence-corrected chi connectivity index (χ0v) is 16.6. The lowest BCUT2D eigenvalue weighted by molar-refractivity contribution is 0.0142. The molecule has 0 atom stereocenters. The van der Waals surface area contributed by atoms with Crippen molar-refractivity contribution in [2.75, 3.05) is 66.9 Å². The highest BCUT2D eigenvalue weighted by Crippen LogP contribution is 2.20. The molecule has 0 saturated heterocycles. The van der Waals surface area contributed by atoms with Crippen molar-refractivity contribution in [1.82, 2.24) is 0 Å². The van der Waals surface area contributed by atoms with Crippen molar-refractivity contribution in [3.63, 3.8) is 0 Å². The normalized spacial score (nSPS) is 12.0. The van der Waals surface area contributed by atoms with Crippen molar-refractivity contribution < 1.29 is 27.5 Å². The van der Waals surface area contributed by atoms with E-state index in [0.717, 1.165) is 31.7 Å².